The van der Waals surface area contributed by atoms with Crippen molar-refractivity contribution in [3.8, 4) is 0 Å². The minimum atomic E-state index is 0.419. The minimum Gasteiger partial charge on any atom is -0.411 e. The van der Waals surface area contributed by atoms with Gasteiger partial charge in [0.25, 0.3) is 0 Å². The van der Waals surface area contributed by atoms with Crippen LogP contribution in [0.5, 0.6) is 0 Å². The molecule has 9 heavy (non-hydrogen) atoms. The van der Waals surface area contributed by atoms with E-state index in [1.165, 1.54) is 12.8 Å². The summed E-state index contributed by atoms with van der Waals surface area (Å²) in [5.41, 5.74) is 0.981. The summed E-state index contributed by atoms with van der Waals surface area (Å²) in [6.07, 6.45) is 2.44. The molecule has 0 aromatic carbocycles. The van der Waals surface area contributed by atoms with Crippen molar-refractivity contribution in [3.63, 3.8) is 0 Å². The van der Waals surface area contributed by atoms with Gasteiger partial charge in [-0.05, 0) is 18.8 Å². The quantitative estimate of drug-likeness (QED) is 0.343. The van der Waals surface area contributed by atoms with Crippen LogP contribution < -0.4 is 0 Å². The van der Waals surface area contributed by atoms with Crippen LogP contribution in [0.2, 0.25) is 0 Å². The Balaban J connectivity index is 2.48. The third kappa shape index (κ3) is 1.44. The van der Waals surface area contributed by atoms with Gasteiger partial charge in [-0.2, -0.15) is 0 Å². The summed E-state index contributed by atoms with van der Waals surface area (Å²) >= 11 is 0. The van der Waals surface area contributed by atoms with Gasteiger partial charge in [-0.15, -0.1) is 0 Å². The van der Waals surface area contributed by atoms with E-state index in [1.54, 1.807) is 0 Å². The number of hydrogen-bond donors (Lipinski definition) is 1. The molecule has 52 valence electrons. The Kier molecular flexibility index (Phi) is 1.74. The topological polar surface area (TPSA) is 32.6 Å². The lowest BCUT2D eigenvalue weighted by Gasteiger charge is -2.03. The fourth-order valence-corrected chi connectivity index (χ4v) is 1.05. The van der Waals surface area contributed by atoms with Crippen molar-refractivity contribution in [2.75, 3.05) is 0 Å². The molecule has 0 aromatic heterocycles. The molecule has 0 amide bonds. The molecule has 1 rings (SSSR count). The maximum Gasteiger partial charge on any atom is 0.0626 e. The summed E-state index contributed by atoms with van der Waals surface area (Å²) in [5.74, 6) is 1.03. The molecular formula is C7H13NO. The highest BCUT2D eigenvalue weighted by Gasteiger charge is 2.29. The Morgan fingerprint density at radius 3 is 2.22 bits per heavy atom. The van der Waals surface area contributed by atoms with Crippen LogP contribution in [0.25, 0.3) is 0 Å². The second-order valence-corrected chi connectivity index (χ2v) is 2.95. The van der Waals surface area contributed by atoms with E-state index in [1.807, 2.05) is 0 Å². The van der Waals surface area contributed by atoms with E-state index in [4.69, 9.17) is 5.21 Å². The van der Waals surface area contributed by atoms with E-state index in [0.29, 0.717) is 11.8 Å². The number of rotatable bonds is 2. The van der Waals surface area contributed by atoms with E-state index in [-0.39, 0.29) is 0 Å². The van der Waals surface area contributed by atoms with Gasteiger partial charge in [0.2, 0.25) is 0 Å². The van der Waals surface area contributed by atoms with Gasteiger partial charge in [-0.1, -0.05) is 19.0 Å². The summed E-state index contributed by atoms with van der Waals surface area (Å²) < 4.78 is 0. The van der Waals surface area contributed by atoms with E-state index in [0.717, 1.165) is 5.71 Å². The SMILES string of the molecule is CC(C)/C(=N/O)C1CC1. The second-order valence-electron chi connectivity index (χ2n) is 2.95. The summed E-state index contributed by atoms with van der Waals surface area (Å²) in [4.78, 5) is 0. The lowest BCUT2D eigenvalue weighted by atomic mass is 10.0. The van der Waals surface area contributed by atoms with Gasteiger partial charge in [-0.3, -0.25) is 0 Å². The van der Waals surface area contributed by atoms with E-state index in [2.05, 4.69) is 19.0 Å². The van der Waals surface area contributed by atoms with Crippen molar-refractivity contribution in [1.29, 1.82) is 0 Å². The Morgan fingerprint density at radius 2 is 2.11 bits per heavy atom. The average molecular weight is 127 g/mol. The molecule has 0 atom stereocenters. The van der Waals surface area contributed by atoms with E-state index < -0.39 is 0 Å². The molecule has 2 heteroatoms. The number of hydrogen-bond acceptors (Lipinski definition) is 2. The van der Waals surface area contributed by atoms with Crippen molar-refractivity contribution in [2.45, 2.75) is 26.7 Å². The number of oxime groups is 1. The van der Waals surface area contributed by atoms with Crippen LogP contribution >= 0.6 is 0 Å². The van der Waals surface area contributed by atoms with Crippen molar-refractivity contribution >= 4 is 5.71 Å². The highest BCUT2D eigenvalue weighted by molar-refractivity contribution is 5.89. The summed E-state index contributed by atoms with van der Waals surface area (Å²) in [5, 5.41) is 11.8. The first-order valence-electron chi connectivity index (χ1n) is 3.47. The smallest absolute Gasteiger partial charge is 0.0626 e. The van der Waals surface area contributed by atoms with Crippen molar-refractivity contribution in [3.05, 3.63) is 0 Å². The normalized spacial score (nSPS) is 21.0. The van der Waals surface area contributed by atoms with Gasteiger partial charge >= 0.3 is 0 Å². The molecule has 1 fully saturated rings. The first-order valence-corrected chi connectivity index (χ1v) is 3.47. The van der Waals surface area contributed by atoms with E-state index in [9.17, 15) is 0 Å². The first kappa shape index (κ1) is 6.59. The highest BCUT2D eigenvalue weighted by Crippen LogP contribution is 2.33. The monoisotopic (exact) mass is 127 g/mol. The van der Waals surface area contributed by atoms with E-state index >= 15 is 0 Å². The van der Waals surface area contributed by atoms with Gasteiger partial charge in [0.15, 0.2) is 0 Å². The molecule has 0 saturated heterocycles. The molecule has 0 radical (unpaired) electrons. The largest absolute Gasteiger partial charge is 0.411 e. The van der Waals surface area contributed by atoms with Gasteiger partial charge in [0.05, 0.1) is 5.71 Å². The predicted molar refractivity (Wildman–Crippen MR) is 36.8 cm³/mol. The lowest BCUT2D eigenvalue weighted by Crippen LogP contribution is -2.09. The van der Waals surface area contributed by atoms with Gasteiger partial charge in [-0.25, -0.2) is 0 Å². The van der Waals surface area contributed by atoms with Crippen molar-refractivity contribution in [2.24, 2.45) is 17.0 Å². The molecule has 0 spiro atoms. The van der Waals surface area contributed by atoms with Crippen LogP contribution in [0.15, 0.2) is 5.16 Å². The van der Waals surface area contributed by atoms with Gasteiger partial charge in [0.1, 0.15) is 0 Å². The van der Waals surface area contributed by atoms with Crippen LogP contribution in [-0.4, -0.2) is 10.9 Å². The Bertz CT molecular complexity index is 121. The minimum absolute atomic E-state index is 0.419. The molecule has 1 aliphatic rings. The summed E-state index contributed by atoms with van der Waals surface area (Å²) in [7, 11) is 0. The standard InChI is InChI=1S/C7H13NO/c1-5(2)7(8-9)6-3-4-6/h5-6,9H,3-4H2,1-2H3/b8-7-. The van der Waals surface area contributed by atoms with Gasteiger partial charge < -0.3 is 5.21 Å². The zero-order valence-corrected chi connectivity index (χ0v) is 5.96. The van der Waals surface area contributed by atoms with Crippen LogP contribution in [0.3, 0.4) is 0 Å². The van der Waals surface area contributed by atoms with Crippen LogP contribution in [0, 0.1) is 11.8 Å². The Morgan fingerprint density at radius 1 is 1.56 bits per heavy atom. The second kappa shape index (κ2) is 2.38. The van der Waals surface area contributed by atoms with Crippen LogP contribution in [0.1, 0.15) is 26.7 Å². The first-order chi connectivity index (χ1) is 4.25. The molecule has 1 aliphatic carbocycles. The molecule has 2 nitrogen and oxygen atoms in total. The Hall–Kier alpha value is -0.530. The Labute approximate surface area is 55.6 Å². The predicted octanol–water partition coefficient (Wildman–Crippen LogP) is 1.88. The fraction of sp³-hybridized carbons (Fsp3) is 0.857. The maximum absolute atomic E-state index is 8.49. The molecular weight excluding hydrogens is 114 g/mol. The van der Waals surface area contributed by atoms with Crippen LogP contribution in [-0.2, 0) is 0 Å². The molecule has 1 saturated carbocycles. The lowest BCUT2D eigenvalue weighted by molar-refractivity contribution is 0.313. The fourth-order valence-electron chi connectivity index (χ4n) is 1.05. The third-order valence-electron chi connectivity index (χ3n) is 1.70. The molecule has 0 unspecified atom stereocenters. The third-order valence-corrected chi connectivity index (χ3v) is 1.70. The van der Waals surface area contributed by atoms with Crippen molar-refractivity contribution in [1.82, 2.24) is 0 Å². The molecule has 0 aliphatic heterocycles. The molecule has 0 heterocycles. The zero-order chi connectivity index (χ0) is 6.85. The molecule has 1 N–H and O–H groups in total. The van der Waals surface area contributed by atoms with Gasteiger partial charge in [0, 0.05) is 5.92 Å². The zero-order valence-electron chi connectivity index (χ0n) is 5.96. The summed E-state index contributed by atoms with van der Waals surface area (Å²) in [6.45, 7) is 4.13. The summed E-state index contributed by atoms with van der Waals surface area (Å²) in [6, 6.07) is 0. The highest BCUT2D eigenvalue weighted by atomic mass is 16.4. The molecule has 0 aromatic rings. The van der Waals surface area contributed by atoms with Crippen molar-refractivity contribution < 1.29 is 5.21 Å². The maximum atomic E-state index is 8.49. The number of nitrogens with zero attached hydrogens (tertiary/aromatic N) is 1. The molecule has 0 bridgehead atoms. The van der Waals surface area contributed by atoms with Crippen LogP contribution in [0.4, 0.5) is 0 Å². The average Bonchev–Trinajstić information content (AvgIpc) is 2.50.